The van der Waals surface area contributed by atoms with Gasteiger partial charge in [-0.05, 0) is 41.5 Å². The van der Waals surface area contributed by atoms with Crippen molar-refractivity contribution in [2.75, 3.05) is 10.6 Å². The van der Waals surface area contributed by atoms with Crippen LogP contribution in [0.25, 0.3) is 0 Å². The lowest BCUT2D eigenvalue weighted by Gasteiger charge is -2.19. The van der Waals surface area contributed by atoms with E-state index >= 15 is 0 Å². The topological polar surface area (TPSA) is 53.0 Å². The van der Waals surface area contributed by atoms with E-state index in [1.807, 2.05) is 30.3 Å². The van der Waals surface area contributed by atoms with Crippen molar-refractivity contribution in [2.24, 2.45) is 0 Å². The summed E-state index contributed by atoms with van der Waals surface area (Å²) in [5.74, 6) is 0. The summed E-state index contributed by atoms with van der Waals surface area (Å²) >= 11 is 3.40. The molecule has 2 aromatic carbocycles. The number of fused-ring (bicyclic) bond motifs is 1. The van der Waals surface area contributed by atoms with Gasteiger partial charge in [0, 0.05) is 23.2 Å². The Morgan fingerprint density at radius 2 is 1.89 bits per heavy atom. The molecular formula is C15H12BrN3. The smallest absolute Gasteiger partial charge is 0.101 e. The fourth-order valence-corrected chi connectivity index (χ4v) is 2.82. The van der Waals surface area contributed by atoms with Gasteiger partial charge in [0.1, 0.15) is 6.07 Å². The monoisotopic (exact) mass is 313 g/mol. The summed E-state index contributed by atoms with van der Waals surface area (Å²) in [6, 6.07) is 14.1. The largest absolute Gasteiger partial charge is 0.399 e. The Balaban J connectivity index is 1.97. The van der Waals surface area contributed by atoms with Crippen molar-refractivity contribution < 1.29 is 0 Å². The number of rotatable bonds is 1. The minimum atomic E-state index is 0.690. The van der Waals surface area contributed by atoms with Crippen molar-refractivity contribution in [1.82, 2.24) is 0 Å². The van der Waals surface area contributed by atoms with Crippen molar-refractivity contribution >= 4 is 27.3 Å². The number of hydrogen-bond donors (Lipinski definition) is 1. The van der Waals surface area contributed by atoms with Gasteiger partial charge in [-0.3, -0.25) is 0 Å². The number of nitrogens with two attached hydrogens (primary N) is 1. The zero-order valence-corrected chi connectivity index (χ0v) is 11.8. The van der Waals surface area contributed by atoms with Gasteiger partial charge in [0.2, 0.25) is 0 Å². The van der Waals surface area contributed by atoms with Crippen LogP contribution in [0.4, 0.5) is 11.4 Å². The minimum Gasteiger partial charge on any atom is -0.399 e. The summed E-state index contributed by atoms with van der Waals surface area (Å²) in [5.41, 5.74) is 10.8. The van der Waals surface area contributed by atoms with Gasteiger partial charge in [-0.1, -0.05) is 22.0 Å². The van der Waals surface area contributed by atoms with E-state index in [9.17, 15) is 5.26 Å². The van der Waals surface area contributed by atoms with Gasteiger partial charge < -0.3 is 10.6 Å². The molecule has 0 spiro atoms. The standard InChI is InChI=1S/C15H12BrN3/c16-13-2-4-15(11(5-13)7-17)19-8-10-1-3-14(18)6-12(10)9-19/h1-6H,8-9,18H2. The maximum absolute atomic E-state index is 9.25. The second kappa shape index (κ2) is 4.60. The molecule has 1 aliphatic heterocycles. The van der Waals surface area contributed by atoms with Crippen LogP contribution in [0.1, 0.15) is 16.7 Å². The van der Waals surface area contributed by atoms with Crippen LogP contribution in [0, 0.1) is 11.3 Å². The first-order valence-corrected chi connectivity index (χ1v) is 6.78. The molecule has 3 nitrogen and oxygen atoms in total. The van der Waals surface area contributed by atoms with E-state index in [4.69, 9.17) is 5.73 Å². The van der Waals surface area contributed by atoms with Crippen LogP contribution in [0.15, 0.2) is 40.9 Å². The zero-order chi connectivity index (χ0) is 13.4. The van der Waals surface area contributed by atoms with Crippen molar-refractivity contribution in [3.8, 4) is 6.07 Å². The highest BCUT2D eigenvalue weighted by Crippen LogP contribution is 2.32. The molecule has 3 rings (SSSR count). The lowest BCUT2D eigenvalue weighted by molar-refractivity contribution is 0.878. The molecule has 0 saturated heterocycles. The summed E-state index contributed by atoms with van der Waals surface area (Å²) in [6.45, 7) is 1.63. The molecule has 0 aromatic heterocycles. The molecule has 0 fully saturated rings. The van der Waals surface area contributed by atoms with E-state index in [1.165, 1.54) is 11.1 Å². The molecule has 0 unspecified atom stereocenters. The van der Waals surface area contributed by atoms with Crippen LogP contribution in [-0.2, 0) is 13.1 Å². The molecule has 94 valence electrons. The van der Waals surface area contributed by atoms with E-state index in [2.05, 4.69) is 33.0 Å². The molecule has 2 N–H and O–H groups in total. The number of anilines is 2. The second-order valence-corrected chi connectivity index (χ2v) is 5.57. The van der Waals surface area contributed by atoms with Gasteiger partial charge >= 0.3 is 0 Å². The quantitative estimate of drug-likeness (QED) is 0.821. The molecule has 4 heteroatoms. The number of nitrogens with zero attached hydrogens (tertiary/aromatic N) is 2. The third kappa shape index (κ3) is 2.18. The summed E-state index contributed by atoms with van der Waals surface area (Å²) in [5, 5.41) is 9.25. The average Bonchev–Trinajstić information content (AvgIpc) is 2.81. The first kappa shape index (κ1) is 12.1. The van der Waals surface area contributed by atoms with E-state index in [1.54, 1.807) is 0 Å². The van der Waals surface area contributed by atoms with E-state index in [-0.39, 0.29) is 0 Å². The molecule has 0 saturated carbocycles. The zero-order valence-electron chi connectivity index (χ0n) is 10.2. The van der Waals surface area contributed by atoms with Gasteiger partial charge in [0.25, 0.3) is 0 Å². The normalized spacial score (nSPS) is 13.2. The number of nitrogen functional groups attached to an aromatic ring is 1. The van der Waals surface area contributed by atoms with Crippen LogP contribution in [0.2, 0.25) is 0 Å². The lowest BCUT2D eigenvalue weighted by atomic mass is 10.1. The minimum absolute atomic E-state index is 0.690. The highest BCUT2D eigenvalue weighted by molar-refractivity contribution is 9.10. The summed E-state index contributed by atoms with van der Waals surface area (Å²) < 4.78 is 0.925. The Kier molecular flexibility index (Phi) is 2.92. The van der Waals surface area contributed by atoms with Crippen LogP contribution >= 0.6 is 15.9 Å². The molecule has 1 aliphatic rings. The first-order chi connectivity index (χ1) is 9.17. The summed E-state index contributed by atoms with van der Waals surface area (Å²) in [4.78, 5) is 2.20. The fourth-order valence-electron chi connectivity index (χ4n) is 2.46. The number of nitriles is 1. The average molecular weight is 314 g/mol. The molecule has 0 bridgehead atoms. The maximum Gasteiger partial charge on any atom is 0.101 e. The van der Waals surface area contributed by atoms with Crippen molar-refractivity contribution in [1.29, 1.82) is 5.26 Å². The highest BCUT2D eigenvalue weighted by Gasteiger charge is 2.21. The van der Waals surface area contributed by atoms with Crippen LogP contribution in [0.3, 0.4) is 0 Å². The Morgan fingerprint density at radius 1 is 1.11 bits per heavy atom. The fraction of sp³-hybridized carbons (Fsp3) is 0.133. The predicted octanol–water partition coefficient (Wildman–Crippen LogP) is 3.42. The van der Waals surface area contributed by atoms with Crippen molar-refractivity contribution in [2.45, 2.75) is 13.1 Å². The number of benzene rings is 2. The Morgan fingerprint density at radius 3 is 2.68 bits per heavy atom. The maximum atomic E-state index is 9.25. The van der Waals surface area contributed by atoms with E-state index in [0.29, 0.717) is 5.56 Å². The summed E-state index contributed by atoms with van der Waals surface area (Å²) in [6.07, 6.45) is 0. The number of hydrogen-bond acceptors (Lipinski definition) is 3. The third-order valence-electron chi connectivity index (χ3n) is 3.37. The molecule has 0 radical (unpaired) electrons. The van der Waals surface area contributed by atoms with Gasteiger partial charge in [0.05, 0.1) is 11.3 Å². The highest BCUT2D eigenvalue weighted by atomic mass is 79.9. The molecule has 0 atom stereocenters. The van der Waals surface area contributed by atoms with Gasteiger partial charge in [-0.2, -0.15) is 5.26 Å². The molecule has 19 heavy (non-hydrogen) atoms. The van der Waals surface area contributed by atoms with Crippen molar-refractivity contribution in [3.05, 3.63) is 57.6 Å². The first-order valence-electron chi connectivity index (χ1n) is 5.99. The molecule has 1 heterocycles. The Hall–Kier alpha value is -1.99. The van der Waals surface area contributed by atoms with E-state index in [0.717, 1.165) is 28.9 Å². The van der Waals surface area contributed by atoms with Crippen molar-refractivity contribution in [3.63, 3.8) is 0 Å². The van der Waals surface area contributed by atoms with Gasteiger partial charge in [0.15, 0.2) is 0 Å². The predicted molar refractivity (Wildman–Crippen MR) is 79.6 cm³/mol. The van der Waals surface area contributed by atoms with Gasteiger partial charge in [-0.15, -0.1) is 0 Å². The Bertz CT molecular complexity index is 688. The third-order valence-corrected chi connectivity index (χ3v) is 3.87. The van der Waals surface area contributed by atoms with Gasteiger partial charge in [-0.25, -0.2) is 0 Å². The second-order valence-electron chi connectivity index (χ2n) is 4.66. The molecule has 0 aliphatic carbocycles. The van der Waals surface area contributed by atoms with Crippen LogP contribution in [0.5, 0.6) is 0 Å². The summed E-state index contributed by atoms with van der Waals surface area (Å²) in [7, 11) is 0. The van der Waals surface area contributed by atoms with E-state index < -0.39 is 0 Å². The molecule has 0 amide bonds. The molecule has 2 aromatic rings. The van der Waals surface area contributed by atoms with Crippen LogP contribution < -0.4 is 10.6 Å². The number of halogens is 1. The lowest BCUT2D eigenvalue weighted by Crippen LogP contribution is -2.15. The molecular weight excluding hydrogens is 302 g/mol. The SMILES string of the molecule is N#Cc1cc(Br)ccc1N1Cc2ccc(N)cc2C1. The van der Waals surface area contributed by atoms with Crippen LogP contribution in [-0.4, -0.2) is 0 Å². The Labute approximate surface area is 120 Å².